The number of pyridine rings is 1. The molecule has 2 N–H and O–H groups in total. The minimum Gasteiger partial charge on any atom is -0.478 e. The Balaban J connectivity index is 2.11. The summed E-state index contributed by atoms with van der Waals surface area (Å²) in [7, 11) is 2.09. The zero-order valence-electron chi connectivity index (χ0n) is 11.9. The van der Waals surface area contributed by atoms with Gasteiger partial charge in [0.15, 0.2) is 0 Å². The van der Waals surface area contributed by atoms with Gasteiger partial charge in [-0.05, 0) is 51.2 Å². The van der Waals surface area contributed by atoms with Crippen molar-refractivity contribution in [3.8, 4) is 0 Å². The van der Waals surface area contributed by atoms with E-state index in [1.807, 2.05) is 6.07 Å². The van der Waals surface area contributed by atoms with Crippen molar-refractivity contribution >= 4 is 16.7 Å². The largest absolute Gasteiger partial charge is 0.478 e. The van der Waals surface area contributed by atoms with E-state index in [9.17, 15) is 14.7 Å². The monoisotopic (exact) mass is 286 g/mol. The molecule has 5 nitrogen and oxygen atoms in total. The van der Waals surface area contributed by atoms with Crippen LogP contribution in [-0.4, -0.2) is 41.1 Å². The lowest BCUT2D eigenvalue weighted by Gasteiger charge is -2.29. The number of benzene rings is 1. The van der Waals surface area contributed by atoms with Crippen LogP contribution in [0.25, 0.3) is 10.8 Å². The number of hydrogen-bond donors (Lipinski definition) is 2. The molecule has 0 bridgehead atoms. The van der Waals surface area contributed by atoms with Crippen molar-refractivity contribution in [2.24, 2.45) is 0 Å². The number of hydrogen-bond acceptors (Lipinski definition) is 3. The van der Waals surface area contributed by atoms with Gasteiger partial charge in [0.05, 0.1) is 5.56 Å². The van der Waals surface area contributed by atoms with E-state index in [1.54, 1.807) is 18.2 Å². The van der Waals surface area contributed by atoms with E-state index in [4.69, 9.17) is 0 Å². The first-order valence-electron chi connectivity index (χ1n) is 7.14. The van der Waals surface area contributed by atoms with Gasteiger partial charge >= 0.3 is 5.97 Å². The summed E-state index contributed by atoms with van der Waals surface area (Å²) in [6.07, 6.45) is 1.96. The second-order valence-corrected chi connectivity index (χ2v) is 5.70. The molecule has 2 heterocycles. The Bertz CT molecular complexity index is 743. The maximum Gasteiger partial charge on any atom is 0.336 e. The van der Waals surface area contributed by atoms with Gasteiger partial charge in [-0.15, -0.1) is 0 Å². The Morgan fingerprint density at radius 3 is 2.67 bits per heavy atom. The molecule has 0 atom stereocenters. The molecule has 0 unspecified atom stereocenters. The summed E-state index contributed by atoms with van der Waals surface area (Å²) in [4.78, 5) is 28.8. The van der Waals surface area contributed by atoms with Crippen LogP contribution in [0.2, 0.25) is 0 Å². The van der Waals surface area contributed by atoms with E-state index in [2.05, 4.69) is 16.9 Å². The first-order chi connectivity index (χ1) is 10.1. The first-order valence-corrected chi connectivity index (χ1v) is 7.14. The minimum atomic E-state index is -1.000. The van der Waals surface area contributed by atoms with Crippen molar-refractivity contribution in [2.75, 3.05) is 20.1 Å². The number of fused-ring (bicyclic) bond motifs is 1. The molecule has 0 aliphatic carbocycles. The number of H-pyrrole nitrogens is 1. The summed E-state index contributed by atoms with van der Waals surface area (Å²) in [5, 5.41) is 10.3. The molecule has 0 radical (unpaired) electrons. The highest BCUT2D eigenvalue weighted by Crippen LogP contribution is 2.28. The highest BCUT2D eigenvalue weighted by molar-refractivity contribution is 6.03. The molecule has 1 fully saturated rings. The van der Waals surface area contributed by atoms with Crippen molar-refractivity contribution in [1.82, 2.24) is 9.88 Å². The molecule has 1 aliphatic heterocycles. The summed E-state index contributed by atoms with van der Waals surface area (Å²) in [6, 6.07) is 6.66. The molecule has 1 aromatic carbocycles. The number of carboxylic acids is 1. The van der Waals surface area contributed by atoms with Gasteiger partial charge in [-0.1, -0.05) is 6.07 Å². The van der Waals surface area contributed by atoms with E-state index in [1.165, 1.54) is 0 Å². The molecule has 1 aliphatic rings. The number of aromatic nitrogens is 1. The van der Waals surface area contributed by atoms with Gasteiger partial charge in [0.1, 0.15) is 0 Å². The zero-order chi connectivity index (χ0) is 15.0. The number of likely N-dealkylation sites (tertiary alicyclic amines) is 1. The van der Waals surface area contributed by atoms with Gasteiger partial charge in [0, 0.05) is 22.4 Å². The van der Waals surface area contributed by atoms with Crippen LogP contribution in [0.15, 0.2) is 29.1 Å². The Labute approximate surface area is 122 Å². The highest BCUT2D eigenvalue weighted by Gasteiger charge is 2.20. The van der Waals surface area contributed by atoms with E-state index in [-0.39, 0.29) is 11.1 Å². The lowest BCUT2D eigenvalue weighted by atomic mass is 9.92. The van der Waals surface area contributed by atoms with Gasteiger partial charge in [-0.2, -0.15) is 0 Å². The number of aromatic carboxylic acids is 1. The van der Waals surface area contributed by atoms with Crippen LogP contribution in [0.5, 0.6) is 0 Å². The van der Waals surface area contributed by atoms with Crippen LogP contribution >= 0.6 is 0 Å². The van der Waals surface area contributed by atoms with Crippen molar-refractivity contribution in [1.29, 1.82) is 0 Å². The van der Waals surface area contributed by atoms with Crippen molar-refractivity contribution in [2.45, 2.75) is 18.8 Å². The Morgan fingerprint density at radius 1 is 1.29 bits per heavy atom. The molecule has 21 heavy (non-hydrogen) atoms. The second-order valence-electron chi connectivity index (χ2n) is 5.70. The molecule has 0 amide bonds. The van der Waals surface area contributed by atoms with Crippen LogP contribution in [-0.2, 0) is 0 Å². The third-order valence-corrected chi connectivity index (χ3v) is 4.30. The average molecular weight is 286 g/mol. The van der Waals surface area contributed by atoms with Gasteiger partial charge in [0.25, 0.3) is 5.56 Å². The van der Waals surface area contributed by atoms with Gasteiger partial charge < -0.3 is 15.0 Å². The smallest absolute Gasteiger partial charge is 0.336 e. The number of nitrogens with one attached hydrogen (secondary N) is 1. The SMILES string of the molecule is CN1CCC(c2cc3c(C(=O)O)cccc3c(=O)[nH]2)CC1. The zero-order valence-corrected chi connectivity index (χ0v) is 11.9. The van der Waals surface area contributed by atoms with Gasteiger partial charge in [-0.3, -0.25) is 4.79 Å². The minimum absolute atomic E-state index is 0.188. The lowest BCUT2D eigenvalue weighted by molar-refractivity contribution is 0.0699. The predicted octanol–water partition coefficient (Wildman–Crippen LogP) is 2.04. The number of rotatable bonds is 2. The van der Waals surface area contributed by atoms with Crippen LogP contribution in [0.3, 0.4) is 0 Å². The first kappa shape index (κ1) is 13.8. The second kappa shape index (κ2) is 5.33. The maximum atomic E-state index is 12.2. The lowest BCUT2D eigenvalue weighted by Crippen LogP contribution is -2.30. The van der Waals surface area contributed by atoms with E-state index in [0.717, 1.165) is 31.6 Å². The fourth-order valence-electron chi connectivity index (χ4n) is 3.03. The summed E-state index contributed by atoms with van der Waals surface area (Å²) in [5.41, 5.74) is 0.839. The quantitative estimate of drug-likeness (QED) is 0.886. The molecule has 3 rings (SSSR count). The van der Waals surface area contributed by atoms with E-state index < -0.39 is 5.97 Å². The highest BCUT2D eigenvalue weighted by atomic mass is 16.4. The third kappa shape index (κ3) is 2.56. The topological polar surface area (TPSA) is 73.4 Å². The van der Waals surface area contributed by atoms with Crippen LogP contribution in [0.4, 0.5) is 0 Å². The summed E-state index contributed by atoms with van der Waals surface area (Å²) in [5.74, 6) is -0.708. The van der Waals surface area contributed by atoms with Gasteiger partial charge in [0.2, 0.25) is 0 Å². The molecule has 1 saturated heterocycles. The average Bonchev–Trinajstić information content (AvgIpc) is 2.47. The Kier molecular flexibility index (Phi) is 3.51. The summed E-state index contributed by atoms with van der Waals surface area (Å²) < 4.78 is 0. The fourth-order valence-corrected chi connectivity index (χ4v) is 3.03. The molecular formula is C16H18N2O3. The molecular weight excluding hydrogens is 268 g/mol. The number of nitrogens with zero attached hydrogens (tertiary/aromatic N) is 1. The number of carboxylic acid groups (broad SMARTS) is 1. The van der Waals surface area contributed by atoms with Crippen molar-refractivity contribution < 1.29 is 9.90 Å². The molecule has 1 aromatic heterocycles. The normalized spacial score (nSPS) is 17.2. The van der Waals surface area contributed by atoms with Crippen molar-refractivity contribution in [3.05, 3.63) is 45.9 Å². The van der Waals surface area contributed by atoms with Crippen molar-refractivity contribution in [3.63, 3.8) is 0 Å². The van der Waals surface area contributed by atoms with Gasteiger partial charge in [-0.25, -0.2) is 4.79 Å². The molecule has 0 spiro atoms. The molecule has 2 aromatic rings. The predicted molar refractivity (Wildman–Crippen MR) is 81.0 cm³/mol. The Hall–Kier alpha value is -2.14. The maximum absolute atomic E-state index is 12.2. The standard InChI is InChI=1S/C16H18N2O3/c1-18-7-5-10(6-8-18)14-9-13-11(15(19)17-14)3-2-4-12(13)16(20)21/h2-4,9-10H,5-8H2,1H3,(H,17,19)(H,20,21). The van der Waals surface area contributed by atoms with Crippen LogP contribution < -0.4 is 5.56 Å². The summed E-state index contributed by atoms with van der Waals surface area (Å²) in [6.45, 7) is 1.98. The number of piperidine rings is 1. The number of aromatic amines is 1. The van der Waals surface area contributed by atoms with Crippen LogP contribution in [0.1, 0.15) is 34.8 Å². The summed E-state index contributed by atoms with van der Waals surface area (Å²) >= 11 is 0. The third-order valence-electron chi connectivity index (χ3n) is 4.30. The van der Waals surface area contributed by atoms with E-state index >= 15 is 0 Å². The Morgan fingerprint density at radius 2 is 2.00 bits per heavy atom. The molecule has 5 heteroatoms. The van der Waals surface area contributed by atoms with E-state index in [0.29, 0.717) is 16.7 Å². The fraction of sp³-hybridized carbons (Fsp3) is 0.375. The molecule has 0 saturated carbocycles. The number of carbonyl (C=O) groups is 1. The van der Waals surface area contributed by atoms with Crippen LogP contribution in [0, 0.1) is 0 Å². The molecule has 110 valence electrons.